The molecule has 4 heteroatoms. The summed E-state index contributed by atoms with van der Waals surface area (Å²) < 4.78 is 0. The van der Waals surface area contributed by atoms with E-state index in [9.17, 15) is 0 Å². The highest BCUT2D eigenvalue weighted by atomic mass is 14.7. The Labute approximate surface area is 149 Å². The van der Waals surface area contributed by atoms with Crippen LogP contribution in [0.3, 0.4) is 0 Å². The van der Waals surface area contributed by atoms with Gasteiger partial charge in [-0.25, -0.2) is 0 Å². The molecule has 0 radical (unpaired) electrons. The Morgan fingerprint density at radius 1 is 1.24 bits per heavy atom. The van der Waals surface area contributed by atoms with E-state index in [0.29, 0.717) is 17.8 Å². The molecule has 0 aliphatic carbocycles. The van der Waals surface area contributed by atoms with E-state index in [1.807, 2.05) is 70.4 Å². The second-order valence-corrected chi connectivity index (χ2v) is 5.70. The van der Waals surface area contributed by atoms with E-state index < -0.39 is 0 Å². The summed E-state index contributed by atoms with van der Waals surface area (Å²) in [6.07, 6.45) is 6.14. The highest BCUT2D eigenvalue weighted by molar-refractivity contribution is 6.04. The van der Waals surface area contributed by atoms with Crippen LogP contribution in [0.5, 0.6) is 0 Å². The van der Waals surface area contributed by atoms with Crippen molar-refractivity contribution >= 4 is 16.6 Å². The van der Waals surface area contributed by atoms with Crippen LogP contribution in [0.2, 0.25) is 0 Å². The number of aromatic amines is 1. The molecule has 0 aliphatic heterocycles. The molecule has 0 saturated heterocycles. The first kappa shape index (κ1) is 18.5. The molecule has 0 atom stereocenters. The molecular formula is C21H26N4. The minimum absolute atomic E-state index is 0.463. The number of H-pyrrole nitrogens is 1. The zero-order chi connectivity index (χ0) is 18.4. The number of nitrogens with two attached hydrogens (primary N) is 1. The summed E-state index contributed by atoms with van der Waals surface area (Å²) in [6, 6.07) is 10.1. The van der Waals surface area contributed by atoms with Gasteiger partial charge in [-0.05, 0) is 43.2 Å². The smallest absolute Gasteiger partial charge is 0.0723 e. The molecule has 25 heavy (non-hydrogen) atoms. The van der Waals surface area contributed by atoms with E-state index in [2.05, 4.69) is 16.0 Å². The molecule has 0 amide bonds. The summed E-state index contributed by atoms with van der Waals surface area (Å²) in [5.74, 6) is 0. The second-order valence-electron chi connectivity index (χ2n) is 5.70. The lowest BCUT2D eigenvalue weighted by Crippen LogP contribution is -2.06. The summed E-state index contributed by atoms with van der Waals surface area (Å²) in [5.41, 5.74) is 12.1. The monoisotopic (exact) mass is 334 g/mol. The maximum Gasteiger partial charge on any atom is 0.0723 e. The summed E-state index contributed by atoms with van der Waals surface area (Å²) in [6.45, 7) is 7.91. The summed E-state index contributed by atoms with van der Waals surface area (Å²) in [4.78, 5) is 7.78. The van der Waals surface area contributed by atoms with Crippen LogP contribution >= 0.6 is 0 Å². The molecule has 3 rings (SSSR count). The predicted molar refractivity (Wildman–Crippen MR) is 107 cm³/mol. The molecule has 0 saturated carbocycles. The number of pyridine rings is 1. The number of allylic oxidation sites excluding steroid dienone is 2. The Balaban J connectivity index is 0.00000109. The number of benzene rings is 1. The van der Waals surface area contributed by atoms with Crippen LogP contribution in [-0.2, 0) is 0 Å². The third-order valence-corrected chi connectivity index (χ3v) is 3.97. The largest absolute Gasteiger partial charge is 0.402 e. The van der Waals surface area contributed by atoms with Crippen LogP contribution in [0.4, 0.5) is 0 Å². The van der Waals surface area contributed by atoms with Gasteiger partial charge in [0.05, 0.1) is 5.69 Å². The van der Waals surface area contributed by atoms with Gasteiger partial charge in [0.2, 0.25) is 0 Å². The number of hydrogen-bond acceptors (Lipinski definition) is 3. The van der Waals surface area contributed by atoms with Crippen molar-refractivity contribution < 1.29 is 0 Å². The van der Waals surface area contributed by atoms with Crippen molar-refractivity contribution in [1.29, 1.82) is 5.41 Å². The average Bonchev–Trinajstić information content (AvgIpc) is 3.07. The Kier molecular flexibility index (Phi) is 6.12. The highest BCUT2D eigenvalue weighted by Crippen LogP contribution is 2.28. The molecule has 0 bridgehead atoms. The van der Waals surface area contributed by atoms with E-state index in [1.165, 1.54) is 0 Å². The molecule has 3 aromatic rings. The Morgan fingerprint density at radius 3 is 2.64 bits per heavy atom. The van der Waals surface area contributed by atoms with Crippen LogP contribution in [0.25, 0.3) is 22.2 Å². The van der Waals surface area contributed by atoms with Gasteiger partial charge in [-0.15, -0.1) is 0 Å². The fourth-order valence-corrected chi connectivity index (χ4v) is 2.56. The quantitative estimate of drug-likeness (QED) is 0.574. The van der Waals surface area contributed by atoms with Crippen molar-refractivity contribution in [3.05, 3.63) is 65.6 Å². The number of aromatic nitrogens is 2. The van der Waals surface area contributed by atoms with Crippen LogP contribution in [0.15, 0.2) is 54.5 Å². The van der Waals surface area contributed by atoms with Gasteiger partial charge in [0.1, 0.15) is 0 Å². The number of nitrogens with zero attached hydrogens (tertiary/aromatic N) is 1. The molecule has 0 aliphatic rings. The molecule has 2 aromatic heterocycles. The van der Waals surface area contributed by atoms with Crippen molar-refractivity contribution in [2.24, 2.45) is 5.73 Å². The fourth-order valence-electron chi connectivity index (χ4n) is 2.56. The summed E-state index contributed by atoms with van der Waals surface area (Å²) in [7, 11) is 0. The van der Waals surface area contributed by atoms with E-state index in [0.717, 1.165) is 33.3 Å². The second kappa shape index (κ2) is 8.29. The lowest BCUT2D eigenvalue weighted by atomic mass is 10.0. The van der Waals surface area contributed by atoms with E-state index in [-0.39, 0.29) is 0 Å². The number of hydrogen-bond donors (Lipinski definition) is 3. The van der Waals surface area contributed by atoms with Crippen LogP contribution < -0.4 is 5.73 Å². The SMILES string of the molecule is CC.CC=C(N)CC(=N)c1ccc2[nH]cc(-c3ccc(C)cn3)c2c1. The zero-order valence-electron chi connectivity index (χ0n) is 15.4. The zero-order valence-corrected chi connectivity index (χ0v) is 15.4. The van der Waals surface area contributed by atoms with E-state index in [1.54, 1.807) is 0 Å². The minimum Gasteiger partial charge on any atom is -0.402 e. The van der Waals surface area contributed by atoms with Gasteiger partial charge >= 0.3 is 0 Å². The van der Waals surface area contributed by atoms with Gasteiger partial charge in [0.25, 0.3) is 0 Å². The molecule has 2 heterocycles. The number of aryl methyl sites for hydroxylation is 1. The first-order chi connectivity index (χ1) is 12.1. The highest BCUT2D eigenvalue weighted by Gasteiger charge is 2.10. The molecule has 1 aromatic carbocycles. The Morgan fingerprint density at radius 2 is 2.00 bits per heavy atom. The number of rotatable bonds is 4. The minimum atomic E-state index is 0.463. The van der Waals surface area contributed by atoms with E-state index >= 15 is 0 Å². The van der Waals surface area contributed by atoms with Gasteiger partial charge < -0.3 is 16.1 Å². The van der Waals surface area contributed by atoms with Gasteiger partial charge in [-0.3, -0.25) is 4.98 Å². The maximum atomic E-state index is 8.25. The Bertz CT molecular complexity index is 886. The molecule has 130 valence electrons. The average molecular weight is 334 g/mol. The summed E-state index contributed by atoms with van der Waals surface area (Å²) >= 11 is 0. The van der Waals surface area contributed by atoms with Gasteiger partial charge in [0, 0.05) is 46.7 Å². The van der Waals surface area contributed by atoms with Gasteiger partial charge in [-0.1, -0.05) is 32.1 Å². The first-order valence-corrected chi connectivity index (χ1v) is 8.61. The summed E-state index contributed by atoms with van der Waals surface area (Å²) in [5, 5.41) is 9.32. The van der Waals surface area contributed by atoms with Crippen LogP contribution in [0.1, 0.15) is 38.3 Å². The molecule has 0 unspecified atom stereocenters. The van der Waals surface area contributed by atoms with Gasteiger partial charge in [0.15, 0.2) is 0 Å². The van der Waals surface area contributed by atoms with Crippen molar-refractivity contribution in [3.8, 4) is 11.3 Å². The standard InChI is InChI=1S/C19H20N4.C2H6/c1-3-14(20)9-17(21)13-5-7-18-15(8-13)16(11-23-18)19-6-4-12(2)10-22-19;1-2/h3-8,10-11,21,23H,9,20H2,1-2H3;1-2H3. The fraction of sp³-hybridized carbons (Fsp3) is 0.238. The molecule has 4 N–H and O–H groups in total. The maximum absolute atomic E-state index is 8.25. The molecule has 4 nitrogen and oxygen atoms in total. The predicted octanol–water partition coefficient (Wildman–Crippen LogP) is 5.18. The van der Waals surface area contributed by atoms with Crippen LogP contribution in [0, 0.1) is 12.3 Å². The van der Waals surface area contributed by atoms with Gasteiger partial charge in [-0.2, -0.15) is 0 Å². The van der Waals surface area contributed by atoms with Crippen molar-refractivity contribution in [2.75, 3.05) is 0 Å². The molecule has 0 fully saturated rings. The number of fused-ring (bicyclic) bond motifs is 1. The topological polar surface area (TPSA) is 78.5 Å². The molecular weight excluding hydrogens is 308 g/mol. The first-order valence-electron chi connectivity index (χ1n) is 8.61. The lowest BCUT2D eigenvalue weighted by molar-refractivity contribution is 1.17. The van der Waals surface area contributed by atoms with Crippen molar-refractivity contribution in [2.45, 2.75) is 34.1 Å². The lowest BCUT2D eigenvalue weighted by Gasteiger charge is -2.06. The van der Waals surface area contributed by atoms with Crippen molar-refractivity contribution in [1.82, 2.24) is 9.97 Å². The van der Waals surface area contributed by atoms with E-state index in [4.69, 9.17) is 11.1 Å². The Hall–Kier alpha value is -2.88. The van der Waals surface area contributed by atoms with Crippen molar-refractivity contribution in [3.63, 3.8) is 0 Å². The number of nitrogens with one attached hydrogen (secondary N) is 2. The normalized spacial score (nSPS) is 11.1. The third-order valence-electron chi connectivity index (χ3n) is 3.97. The van der Waals surface area contributed by atoms with Crippen LogP contribution in [-0.4, -0.2) is 15.7 Å². The third kappa shape index (κ3) is 4.15. The molecule has 0 spiro atoms.